The van der Waals surface area contributed by atoms with Gasteiger partial charge < -0.3 is 80.5 Å². The van der Waals surface area contributed by atoms with Crippen molar-refractivity contribution in [2.45, 2.75) is 73.9 Å². The molecule has 3 saturated heterocycles. The largest absolute Gasteiger partial charge is 0.490 e. The maximum absolute atomic E-state index is 13.8. The average molecular weight is 1230 g/mol. The van der Waals surface area contributed by atoms with Gasteiger partial charge in [0.15, 0.2) is 41.4 Å². The number of aliphatic hydroxyl groups excluding tert-OH is 3. The number of rotatable bonds is 25. The molecule has 44 heteroatoms. The van der Waals surface area contributed by atoms with Crippen molar-refractivity contribution in [3.8, 4) is 0 Å². The predicted molar refractivity (Wildman–Crippen MR) is 264 cm³/mol. The van der Waals surface area contributed by atoms with Gasteiger partial charge in [-0.05, 0) is 6.42 Å². The van der Waals surface area contributed by atoms with E-state index in [-0.39, 0.29) is 77.4 Å². The zero-order chi connectivity index (χ0) is 58.5. The molecule has 16 atom stereocenters. The lowest BCUT2D eigenvalue weighted by Crippen LogP contribution is -2.45. The molecule has 0 radical (unpaired) electrons. The van der Waals surface area contributed by atoms with Crippen LogP contribution in [0.5, 0.6) is 0 Å². The lowest BCUT2D eigenvalue weighted by atomic mass is 9.95. The topological polar surface area (TPSA) is 560 Å². The van der Waals surface area contributed by atoms with E-state index >= 15 is 0 Å². The monoisotopic (exact) mass is 1230 g/mol. The molecule has 9 heterocycles. The van der Waals surface area contributed by atoms with Crippen molar-refractivity contribution in [1.29, 1.82) is 0 Å². The van der Waals surface area contributed by atoms with Crippen LogP contribution in [0, 0.1) is 5.92 Å². The summed E-state index contributed by atoms with van der Waals surface area (Å²) in [5.74, 6) is -1.64. The van der Waals surface area contributed by atoms with E-state index in [1.165, 1.54) is 34.2 Å². The second-order valence-electron chi connectivity index (χ2n) is 18.0. The molecule has 6 aromatic heterocycles. The van der Waals surface area contributed by atoms with E-state index in [1.54, 1.807) is 0 Å². The van der Waals surface area contributed by atoms with Crippen LogP contribution in [0.3, 0.4) is 0 Å². The van der Waals surface area contributed by atoms with E-state index in [9.17, 15) is 62.7 Å². The first-order chi connectivity index (χ1) is 38.2. The van der Waals surface area contributed by atoms with Crippen LogP contribution in [-0.4, -0.2) is 191 Å². The highest BCUT2D eigenvalue weighted by Gasteiger charge is 2.54. The Balaban J connectivity index is 0.871. The summed E-state index contributed by atoms with van der Waals surface area (Å²) >= 11 is 0. The Morgan fingerprint density at radius 1 is 0.679 bits per heavy atom. The Morgan fingerprint density at radius 2 is 1.30 bits per heavy atom. The number of hydrogen-bond acceptors (Lipinski definition) is 30. The molecule has 81 heavy (non-hydrogen) atoms. The smallest absolute Gasteiger partial charge is 0.387 e. The first kappa shape index (κ1) is 60.4. The molecule has 0 aliphatic carbocycles. The number of hydrogen-bond donors (Lipinski definition) is 12. The Labute approximate surface area is 452 Å². The summed E-state index contributed by atoms with van der Waals surface area (Å²) in [6, 6.07) is 0. The number of aliphatic hydroxyl groups is 3. The molecule has 15 N–H and O–H groups in total. The fraction of sp³-hybridized carbons (Fsp3) is 0.595. The van der Waals surface area contributed by atoms with Crippen LogP contribution >= 0.6 is 31.3 Å². The minimum absolute atomic E-state index is 0.00848. The number of nitrogens with two attached hydrogens (primary N) is 3. The maximum atomic E-state index is 13.8. The van der Waals surface area contributed by atoms with E-state index in [4.69, 9.17) is 63.7 Å². The molecular weight excluding hydrogens is 1180 g/mol. The predicted octanol–water partition coefficient (Wildman–Crippen LogP) is -3.40. The number of H-pyrrole nitrogens is 2. The summed E-state index contributed by atoms with van der Waals surface area (Å²) < 4.78 is 122. The van der Waals surface area contributed by atoms with Gasteiger partial charge in [0.05, 0.1) is 58.8 Å². The standard InChI is InChI=1S/C37H53N15O25P4/c1-49-14-52(30-21(49)32(57)48-37(40)46-30)33-22(53)15(4-5-68-7-6-66-2)16(72-33)8-70-79(60,61)76-81(64,65)77-80(62,63)71-10-18-25(26(67-3)35(74-18)50-12-43-19-27(38)41-11-42-28(19)50)75-78(58,59)69-9-17-23(54)24(55)34(73-17)51-13-44-20-29(51)45-36(39)47-31(20)56/h11-18,22-26,33-35,53-55H,4-10H2,1-3H3,(H11-,38,39,40,41,42,45,46,47,48,56,57,58,59,60,61,62,63,64,65)/p+1/t15-,16-,17-,18?,22-,23-,24-,25-,26-,33-,34-,35-/m1/s1. The molecule has 0 saturated carbocycles. The van der Waals surface area contributed by atoms with E-state index < -0.39 is 136 Å². The Hall–Kier alpha value is -5.19. The highest BCUT2D eigenvalue weighted by molar-refractivity contribution is 7.66. The first-order valence-electron chi connectivity index (χ1n) is 23.6. The fourth-order valence-electron chi connectivity index (χ4n) is 9.20. The molecule has 3 aliphatic rings. The minimum atomic E-state index is -6.20. The number of anilines is 3. The van der Waals surface area contributed by atoms with Crippen LogP contribution in [-0.2, 0) is 80.4 Å². The number of imidazole rings is 3. The number of aromatic amines is 2. The van der Waals surface area contributed by atoms with Crippen molar-refractivity contribution >= 4 is 82.5 Å². The van der Waals surface area contributed by atoms with E-state index in [2.05, 4.69) is 48.5 Å². The number of phosphoric ester groups is 3. The Bertz CT molecular complexity index is 3590. The summed E-state index contributed by atoms with van der Waals surface area (Å²) in [5.41, 5.74) is 15.8. The van der Waals surface area contributed by atoms with Gasteiger partial charge in [0.2, 0.25) is 17.7 Å². The highest BCUT2D eigenvalue weighted by Crippen LogP contribution is 2.68. The highest BCUT2D eigenvalue weighted by atomic mass is 31.3. The number of methoxy groups -OCH3 is 2. The normalized spacial score (nSPS) is 29.1. The van der Waals surface area contributed by atoms with Gasteiger partial charge in [-0.2, -0.15) is 13.6 Å². The second kappa shape index (κ2) is 23.8. The fourth-order valence-corrected chi connectivity index (χ4v) is 13.7. The van der Waals surface area contributed by atoms with Crippen molar-refractivity contribution in [3.63, 3.8) is 0 Å². The van der Waals surface area contributed by atoms with Gasteiger partial charge in [-0.3, -0.25) is 51.4 Å². The van der Waals surface area contributed by atoms with Gasteiger partial charge in [-0.25, -0.2) is 42.8 Å². The van der Waals surface area contributed by atoms with Crippen molar-refractivity contribution in [3.05, 3.63) is 46.0 Å². The third kappa shape index (κ3) is 13.0. The third-order valence-electron chi connectivity index (χ3n) is 12.8. The molecule has 3 aliphatic heterocycles. The number of ether oxygens (including phenoxy) is 6. The number of nitrogen functional groups attached to an aromatic ring is 3. The Morgan fingerprint density at radius 3 is 1.99 bits per heavy atom. The van der Waals surface area contributed by atoms with Crippen molar-refractivity contribution < 1.29 is 113 Å². The number of aromatic nitrogens is 12. The van der Waals surface area contributed by atoms with Crippen LogP contribution in [0.25, 0.3) is 33.5 Å². The molecule has 446 valence electrons. The van der Waals surface area contributed by atoms with Gasteiger partial charge in [-0.1, -0.05) is 4.98 Å². The number of phosphoric acid groups is 4. The zero-order valence-electron chi connectivity index (χ0n) is 42.2. The number of aryl methyl sites for hydroxylation is 1. The minimum Gasteiger partial charge on any atom is -0.387 e. The van der Waals surface area contributed by atoms with Gasteiger partial charge in [-0.15, -0.1) is 0 Å². The van der Waals surface area contributed by atoms with Crippen molar-refractivity contribution in [2.75, 3.05) is 71.1 Å². The summed E-state index contributed by atoms with van der Waals surface area (Å²) in [6.07, 6.45) is -12.9. The van der Waals surface area contributed by atoms with Gasteiger partial charge in [0.25, 0.3) is 17.1 Å². The summed E-state index contributed by atoms with van der Waals surface area (Å²) in [4.78, 5) is 96.9. The number of fused-ring (bicyclic) bond motifs is 3. The lowest BCUT2D eigenvalue weighted by Gasteiger charge is -2.26. The molecular formula is C37H54N15O25P4+. The third-order valence-corrected chi connectivity index (χ3v) is 18.0. The molecule has 9 rings (SSSR count). The van der Waals surface area contributed by atoms with Crippen molar-refractivity contribution in [1.82, 2.24) is 53.6 Å². The summed E-state index contributed by atoms with van der Waals surface area (Å²) in [5, 5.41) is 33.3. The van der Waals surface area contributed by atoms with Gasteiger partial charge in [0.1, 0.15) is 54.6 Å². The molecule has 3 fully saturated rings. The number of nitrogens with one attached hydrogen (secondary N) is 2. The van der Waals surface area contributed by atoms with E-state index in [1.807, 2.05) is 0 Å². The molecule has 5 unspecified atom stereocenters. The van der Waals surface area contributed by atoms with Crippen LogP contribution in [0.4, 0.5) is 17.7 Å². The number of nitrogens with zero attached hydrogens (tertiary/aromatic N) is 10. The summed E-state index contributed by atoms with van der Waals surface area (Å²) in [7, 11) is -19.4. The Kier molecular flexibility index (Phi) is 17.8. The van der Waals surface area contributed by atoms with Crippen molar-refractivity contribution in [2.24, 2.45) is 13.0 Å². The molecule has 0 bridgehead atoms. The molecule has 0 amide bonds. The first-order valence-corrected chi connectivity index (χ1v) is 29.6. The SMILES string of the molecule is COCCOCC[C@H]1[C@@H](O)[C@H]([n+]2cn(C)c3c(=O)[nH]c(N)nc32)O[C@@H]1COP(=O)(O)OP(=O)(O)OP(=O)(O)OCC1O[C@@H](n2cnc3c(N)ncnc32)[C@H](OC)[C@@H]1OP(=O)(O)OC[C@H]1O[C@@H](n2cnc3c(=O)[nH]c(N)nc32)[C@H](O)[C@@H]1O. The van der Waals surface area contributed by atoms with Gasteiger partial charge >= 0.3 is 36.9 Å². The quantitative estimate of drug-likeness (QED) is 0.0151. The second-order valence-corrected chi connectivity index (χ2v) is 24.1. The average Bonchev–Trinajstić information content (AvgIpc) is 4.33. The molecule has 6 aromatic rings. The van der Waals surface area contributed by atoms with Crippen LogP contribution in [0.1, 0.15) is 25.1 Å². The zero-order valence-corrected chi connectivity index (χ0v) is 45.7. The van der Waals surface area contributed by atoms with Crippen LogP contribution in [0.15, 0.2) is 34.9 Å². The van der Waals surface area contributed by atoms with E-state index in [0.29, 0.717) is 0 Å². The molecule has 40 nitrogen and oxygen atoms in total. The van der Waals surface area contributed by atoms with Gasteiger partial charge in [0, 0.05) is 26.7 Å². The maximum Gasteiger partial charge on any atom is 0.490 e. The van der Waals surface area contributed by atoms with Crippen LogP contribution < -0.4 is 32.9 Å². The van der Waals surface area contributed by atoms with Crippen LogP contribution in [0.2, 0.25) is 0 Å². The molecule has 0 aromatic carbocycles. The summed E-state index contributed by atoms with van der Waals surface area (Å²) in [6.45, 7) is -2.83. The van der Waals surface area contributed by atoms with E-state index in [0.717, 1.165) is 30.7 Å². The molecule has 0 spiro atoms. The lowest BCUT2D eigenvalue weighted by molar-refractivity contribution is -0.745.